The Morgan fingerprint density at radius 3 is 2.67 bits per heavy atom. The van der Waals surface area contributed by atoms with Gasteiger partial charge in [-0.3, -0.25) is 14.9 Å². The van der Waals surface area contributed by atoms with Crippen LogP contribution in [-0.2, 0) is 6.54 Å². The number of nitro groups is 1. The van der Waals surface area contributed by atoms with E-state index in [9.17, 15) is 14.9 Å². The average molecular weight is 306 g/mol. The predicted octanol–water partition coefficient (Wildman–Crippen LogP) is 2.76. The molecule has 2 rings (SSSR count). The summed E-state index contributed by atoms with van der Waals surface area (Å²) in [5.41, 5.74) is 6.68. The molecule has 2 aromatic carbocycles. The van der Waals surface area contributed by atoms with Gasteiger partial charge in [0.2, 0.25) is 0 Å². The summed E-state index contributed by atoms with van der Waals surface area (Å²) in [7, 11) is 0. The maximum Gasteiger partial charge on any atom is 0.274 e. The minimum atomic E-state index is -0.485. The third-order valence-corrected chi connectivity index (χ3v) is 3.22. The Bertz CT molecular complexity index is 704. The zero-order chi connectivity index (χ0) is 15.4. The molecule has 0 spiro atoms. The van der Waals surface area contributed by atoms with E-state index < -0.39 is 4.92 Å². The van der Waals surface area contributed by atoms with Gasteiger partial charge in [0.05, 0.1) is 15.6 Å². The van der Waals surface area contributed by atoms with Crippen LogP contribution in [0.2, 0.25) is 5.02 Å². The number of nitrogens with zero attached hydrogens (tertiary/aromatic N) is 1. The molecule has 2 aromatic rings. The minimum absolute atomic E-state index is 0.0341. The highest BCUT2D eigenvalue weighted by atomic mass is 35.5. The van der Waals surface area contributed by atoms with Crippen LogP contribution in [0.5, 0.6) is 0 Å². The van der Waals surface area contributed by atoms with Crippen molar-refractivity contribution in [2.24, 2.45) is 0 Å². The van der Waals surface area contributed by atoms with Gasteiger partial charge in [0, 0.05) is 23.7 Å². The van der Waals surface area contributed by atoms with Crippen LogP contribution in [-0.4, -0.2) is 10.8 Å². The normalized spacial score (nSPS) is 10.1. The predicted molar refractivity (Wildman–Crippen MR) is 80.1 cm³/mol. The van der Waals surface area contributed by atoms with Gasteiger partial charge < -0.3 is 11.1 Å². The third kappa shape index (κ3) is 3.49. The number of benzene rings is 2. The van der Waals surface area contributed by atoms with Crippen molar-refractivity contribution < 1.29 is 9.72 Å². The van der Waals surface area contributed by atoms with E-state index in [0.717, 1.165) is 0 Å². The van der Waals surface area contributed by atoms with Crippen LogP contribution in [0.25, 0.3) is 0 Å². The van der Waals surface area contributed by atoms with Gasteiger partial charge in [0.15, 0.2) is 0 Å². The van der Waals surface area contributed by atoms with Crippen molar-refractivity contribution in [2.45, 2.75) is 6.54 Å². The van der Waals surface area contributed by atoms with Crippen LogP contribution in [0.3, 0.4) is 0 Å². The molecule has 0 bridgehead atoms. The second-order valence-corrected chi connectivity index (χ2v) is 4.71. The molecule has 3 N–H and O–H groups in total. The molecule has 0 saturated heterocycles. The lowest BCUT2D eigenvalue weighted by atomic mass is 10.1. The van der Waals surface area contributed by atoms with Crippen molar-refractivity contribution in [2.75, 3.05) is 5.73 Å². The van der Waals surface area contributed by atoms with E-state index in [1.54, 1.807) is 18.2 Å². The molecule has 21 heavy (non-hydrogen) atoms. The molecule has 0 radical (unpaired) electrons. The first kappa shape index (κ1) is 14.8. The topological polar surface area (TPSA) is 98.3 Å². The monoisotopic (exact) mass is 305 g/mol. The first-order chi connectivity index (χ1) is 9.99. The summed E-state index contributed by atoms with van der Waals surface area (Å²) >= 11 is 5.85. The van der Waals surface area contributed by atoms with Crippen LogP contribution in [0.4, 0.5) is 11.4 Å². The molecule has 7 heteroatoms. The summed E-state index contributed by atoms with van der Waals surface area (Å²) in [6, 6.07) is 10.7. The number of nitrogens with two attached hydrogens (primary N) is 1. The Morgan fingerprint density at radius 2 is 2.00 bits per heavy atom. The molecule has 0 aromatic heterocycles. The molecule has 1 amide bonds. The fourth-order valence-electron chi connectivity index (χ4n) is 1.78. The Labute approximate surface area is 125 Å². The molecule has 0 unspecified atom stereocenters. The summed E-state index contributed by atoms with van der Waals surface area (Å²) < 4.78 is 0. The van der Waals surface area contributed by atoms with Gasteiger partial charge in [-0.05, 0) is 18.2 Å². The number of halogens is 1. The lowest BCUT2D eigenvalue weighted by Gasteiger charge is -2.07. The number of nitrogen functional groups attached to an aromatic ring is 1. The number of hydrogen-bond donors (Lipinski definition) is 2. The maximum atomic E-state index is 12.0. The summed E-state index contributed by atoms with van der Waals surface area (Å²) in [5.74, 6) is -0.380. The fraction of sp³-hybridized carbons (Fsp3) is 0.0714. The van der Waals surface area contributed by atoms with Gasteiger partial charge in [-0.15, -0.1) is 0 Å². The molecular formula is C14H12ClN3O3. The number of para-hydroxylation sites is 1. The zero-order valence-corrected chi connectivity index (χ0v) is 11.6. The van der Waals surface area contributed by atoms with Crippen LogP contribution in [0.1, 0.15) is 15.9 Å². The molecule has 0 heterocycles. The largest absolute Gasteiger partial charge is 0.398 e. The molecule has 0 atom stereocenters. The molecule has 0 saturated carbocycles. The molecule has 0 aliphatic heterocycles. The van der Waals surface area contributed by atoms with Gasteiger partial charge in [-0.2, -0.15) is 0 Å². The van der Waals surface area contributed by atoms with Gasteiger partial charge in [-0.25, -0.2) is 0 Å². The highest BCUT2D eigenvalue weighted by Crippen LogP contribution is 2.20. The minimum Gasteiger partial charge on any atom is -0.398 e. The second kappa shape index (κ2) is 6.23. The average Bonchev–Trinajstić information content (AvgIpc) is 2.47. The summed E-state index contributed by atoms with van der Waals surface area (Å²) in [6.07, 6.45) is 0. The fourth-order valence-corrected chi connectivity index (χ4v) is 1.96. The number of carbonyl (C=O) groups excluding carboxylic acids is 1. The van der Waals surface area contributed by atoms with E-state index in [2.05, 4.69) is 5.32 Å². The van der Waals surface area contributed by atoms with Crippen molar-refractivity contribution in [3.63, 3.8) is 0 Å². The van der Waals surface area contributed by atoms with Crippen molar-refractivity contribution in [1.29, 1.82) is 0 Å². The quantitative estimate of drug-likeness (QED) is 0.515. The van der Waals surface area contributed by atoms with Crippen molar-refractivity contribution in [3.05, 3.63) is 68.7 Å². The van der Waals surface area contributed by atoms with E-state index in [1.807, 2.05) is 0 Å². The number of amides is 1. The van der Waals surface area contributed by atoms with Crippen LogP contribution >= 0.6 is 11.6 Å². The molecule has 108 valence electrons. The molecule has 0 fully saturated rings. The van der Waals surface area contributed by atoms with E-state index in [0.29, 0.717) is 16.8 Å². The number of anilines is 1. The Hall–Kier alpha value is -2.60. The Morgan fingerprint density at radius 1 is 1.29 bits per heavy atom. The number of rotatable bonds is 4. The Kier molecular flexibility index (Phi) is 4.39. The lowest BCUT2D eigenvalue weighted by molar-refractivity contribution is -0.385. The molecule has 0 aliphatic rings. The smallest absolute Gasteiger partial charge is 0.274 e. The molecule has 6 nitrogen and oxygen atoms in total. The highest BCUT2D eigenvalue weighted by Gasteiger charge is 2.14. The van der Waals surface area contributed by atoms with Crippen LogP contribution < -0.4 is 11.1 Å². The second-order valence-electron chi connectivity index (χ2n) is 4.30. The van der Waals surface area contributed by atoms with Gasteiger partial charge in [0.25, 0.3) is 11.6 Å². The van der Waals surface area contributed by atoms with Gasteiger partial charge in [0.1, 0.15) is 0 Å². The van der Waals surface area contributed by atoms with Gasteiger partial charge >= 0.3 is 0 Å². The van der Waals surface area contributed by atoms with E-state index in [1.165, 1.54) is 24.3 Å². The van der Waals surface area contributed by atoms with E-state index in [4.69, 9.17) is 17.3 Å². The van der Waals surface area contributed by atoms with Crippen molar-refractivity contribution in [3.8, 4) is 0 Å². The number of hydrogen-bond acceptors (Lipinski definition) is 4. The number of nitrogens with one attached hydrogen (secondary N) is 1. The van der Waals surface area contributed by atoms with Crippen molar-refractivity contribution in [1.82, 2.24) is 5.32 Å². The van der Waals surface area contributed by atoms with Crippen molar-refractivity contribution >= 4 is 28.9 Å². The zero-order valence-electron chi connectivity index (χ0n) is 10.9. The SMILES string of the molecule is Nc1ccc(C(=O)NCc2ccccc2[N+](=O)[O-])cc1Cl. The molecule has 0 aliphatic carbocycles. The van der Waals surface area contributed by atoms with Gasteiger partial charge in [-0.1, -0.05) is 29.8 Å². The number of carbonyl (C=O) groups is 1. The number of nitro benzene ring substituents is 1. The first-order valence-electron chi connectivity index (χ1n) is 6.04. The van der Waals surface area contributed by atoms with E-state index >= 15 is 0 Å². The standard InChI is InChI=1S/C14H12ClN3O3/c15-11-7-9(5-6-12(11)16)14(19)17-8-10-3-1-2-4-13(10)18(20)21/h1-7H,8,16H2,(H,17,19). The van der Waals surface area contributed by atoms with Crippen LogP contribution in [0.15, 0.2) is 42.5 Å². The summed E-state index contributed by atoms with van der Waals surface area (Å²) in [4.78, 5) is 22.4. The third-order valence-electron chi connectivity index (χ3n) is 2.89. The lowest BCUT2D eigenvalue weighted by Crippen LogP contribution is -2.23. The molecular weight excluding hydrogens is 294 g/mol. The summed E-state index contributed by atoms with van der Waals surface area (Å²) in [6.45, 7) is 0.0536. The first-order valence-corrected chi connectivity index (χ1v) is 6.42. The summed E-state index contributed by atoms with van der Waals surface area (Å²) in [5, 5.41) is 13.8. The van der Waals surface area contributed by atoms with Crippen LogP contribution in [0, 0.1) is 10.1 Å². The highest BCUT2D eigenvalue weighted by molar-refractivity contribution is 6.33. The van der Waals surface area contributed by atoms with E-state index in [-0.39, 0.29) is 23.2 Å². The maximum absolute atomic E-state index is 12.0. The Balaban J connectivity index is 2.11.